The third-order valence-electron chi connectivity index (χ3n) is 10.6. The van der Waals surface area contributed by atoms with Gasteiger partial charge in [0, 0.05) is 19.3 Å². The highest BCUT2D eigenvalue weighted by Gasteiger charge is 2.19. The molecular formula is C59H94O6. The lowest BCUT2D eigenvalue weighted by Gasteiger charge is -2.18. The summed E-state index contributed by atoms with van der Waals surface area (Å²) in [6, 6.07) is 0. The van der Waals surface area contributed by atoms with Crippen LogP contribution in [0.5, 0.6) is 0 Å². The van der Waals surface area contributed by atoms with Crippen LogP contribution < -0.4 is 0 Å². The van der Waals surface area contributed by atoms with Crippen LogP contribution in [0.4, 0.5) is 0 Å². The van der Waals surface area contributed by atoms with Gasteiger partial charge in [0.05, 0.1) is 0 Å². The highest BCUT2D eigenvalue weighted by molar-refractivity contribution is 5.71. The molecule has 0 aromatic rings. The summed E-state index contributed by atoms with van der Waals surface area (Å²) in [4.78, 5) is 38.0. The van der Waals surface area contributed by atoms with Crippen LogP contribution in [-0.2, 0) is 28.6 Å². The molecule has 0 rings (SSSR count). The Bertz CT molecular complexity index is 1400. The molecule has 0 aromatic carbocycles. The number of hydrogen-bond donors (Lipinski definition) is 0. The average molecular weight is 899 g/mol. The first-order valence-corrected chi connectivity index (χ1v) is 26.2. The highest BCUT2D eigenvalue weighted by Crippen LogP contribution is 2.13. The second kappa shape index (κ2) is 52.4. The summed E-state index contributed by atoms with van der Waals surface area (Å²) in [5.74, 6) is -0.991. The first kappa shape index (κ1) is 60.8. The number of hydrogen-bond acceptors (Lipinski definition) is 6. The number of allylic oxidation sites excluding steroid dienone is 20. The van der Waals surface area contributed by atoms with Gasteiger partial charge >= 0.3 is 17.9 Å². The lowest BCUT2D eigenvalue weighted by atomic mass is 10.1. The largest absolute Gasteiger partial charge is 0.462 e. The highest BCUT2D eigenvalue weighted by atomic mass is 16.6. The fourth-order valence-electron chi connectivity index (χ4n) is 6.70. The van der Waals surface area contributed by atoms with Crippen LogP contribution in [0, 0.1) is 0 Å². The third kappa shape index (κ3) is 50.7. The minimum Gasteiger partial charge on any atom is -0.462 e. The van der Waals surface area contributed by atoms with E-state index in [9.17, 15) is 14.4 Å². The lowest BCUT2D eigenvalue weighted by molar-refractivity contribution is -0.167. The summed E-state index contributed by atoms with van der Waals surface area (Å²) < 4.78 is 16.7. The molecule has 0 aromatic heterocycles. The van der Waals surface area contributed by atoms with Crippen molar-refractivity contribution < 1.29 is 28.6 Å². The molecule has 65 heavy (non-hydrogen) atoms. The van der Waals surface area contributed by atoms with Crippen molar-refractivity contribution in [3.63, 3.8) is 0 Å². The van der Waals surface area contributed by atoms with Gasteiger partial charge in [-0.1, -0.05) is 226 Å². The zero-order valence-corrected chi connectivity index (χ0v) is 41.7. The van der Waals surface area contributed by atoms with E-state index in [1.165, 1.54) is 64.2 Å². The van der Waals surface area contributed by atoms with E-state index in [2.05, 4.69) is 81.5 Å². The van der Waals surface area contributed by atoms with Crippen LogP contribution in [0.25, 0.3) is 0 Å². The van der Waals surface area contributed by atoms with Crippen molar-refractivity contribution in [2.45, 2.75) is 219 Å². The van der Waals surface area contributed by atoms with E-state index >= 15 is 0 Å². The van der Waals surface area contributed by atoms with Gasteiger partial charge in [0.15, 0.2) is 6.10 Å². The topological polar surface area (TPSA) is 78.9 Å². The molecule has 0 saturated heterocycles. The Kier molecular flexibility index (Phi) is 49.1. The van der Waals surface area contributed by atoms with Crippen LogP contribution in [-0.4, -0.2) is 37.2 Å². The van der Waals surface area contributed by atoms with Gasteiger partial charge in [-0.3, -0.25) is 14.4 Å². The van der Waals surface area contributed by atoms with E-state index in [4.69, 9.17) is 14.2 Å². The van der Waals surface area contributed by atoms with Crippen molar-refractivity contribution in [2.24, 2.45) is 0 Å². The molecule has 366 valence electrons. The first-order valence-electron chi connectivity index (χ1n) is 26.2. The van der Waals surface area contributed by atoms with Gasteiger partial charge in [-0.05, 0) is 89.9 Å². The first-order chi connectivity index (χ1) is 32.0. The number of unbranched alkanes of at least 4 members (excludes halogenated alkanes) is 21. The fraction of sp³-hybridized carbons (Fsp3) is 0.610. The number of ether oxygens (including phenoxy) is 3. The van der Waals surface area contributed by atoms with Gasteiger partial charge in [0.1, 0.15) is 13.2 Å². The maximum absolute atomic E-state index is 12.8. The molecule has 0 saturated carbocycles. The molecule has 6 heteroatoms. The second-order valence-electron chi connectivity index (χ2n) is 16.9. The number of esters is 3. The Morgan fingerprint density at radius 3 is 1.03 bits per heavy atom. The molecule has 0 radical (unpaired) electrons. The number of carbonyl (C=O) groups excluding carboxylic acids is 3. The normalized spacial score (nSPS) is 13.1. The van der Waals surface area contributed by atoms with Gasteiger partial charge in [-0.2, -0.15) is 0 Å². The van der Waals surface area contributed by atoms with Gasteiger partial charge < -0.3 is 14.2 Å². The van der Waals surface area contributed by atoms with Crippen LogP contribution in [0.15, 0.2) is 122 Å². The van der Waals surface area contributed by atoms with Crippen LogP contribution in [0.2, 0.25) is 0 Å². The van der Waals surface area contributed by atoms with E-state index in [-0.39, 0.29) is 37.5 Å². The Hall–Kier alpha value is -4.19. The SMILES string of the molecule is CC\C=C/C=C\C=C/C=C\C=C\C=C/CCCCCC(=O)OC(COC(=O)CCCCCCC\C=C/C=C\C=C/CCCCCCC)COC(=O)CCCCCCC/C=C\CCCCC. The molecule has 1 atom stereocenters. The maximum atomic E-state index is 12.8. The Morgan fingerprint density at radius 2 is 0.615 bits per heavy atom. The molecule has 6 nitrogen and oxygen atoms in total. The maximum Gasteiger partial charge on any atom is 0.306 e. The van der Waals surface area contributed by atoms with Gasteiger partial charge in [-0.15, -0.1) is 0 Å². The van der Waals surface area contributed by atoms with E-state index < -0.39 is 6.10 Å². The summed E-state index contributed by atoms with van der Waals surface area (Å²) >= 11 is 0. The van der Waals surface area contributed by atoms with Gasteiger partial charge in [0.2, 0.25) is 0 Å². The van der Waals surface area contributed by atoms with Crippen LogP contribution >= 0.6 is 0 Å². The van der Waals surface area contributed by atoms with Crippen molar-refractivity contribution in [2.75, 3.05) is 13.2 Å². The van der Waals surface area contributed by atoms with E-state index in [0.717, 1.165) is 103 Å². The Labute approximate surface area is 399 Å². The predicted molar refractivity (Wildman–Crippen MR) is 279 cm³/mol. The van der Waals surface area contributed by atoms with E-state index in [1.807, 2.05) is 60.8 Å². The number of carbonyl (C=O) groups is 3. The third-order valence-corrected chi connectivity index (χ3v) is 10.6. The molecule has 0 heterocycles. The number of rotatable bonds is 45. The van der Waals surface area contributed by atoms with Gasteiger partial charge in [-0.25, -0.2) is 0 Å². The predicted octanol–water partition coefficient (Wildman–Crippen LogP) is 17.3. The minimum absolute atomic E-state index is 0.111. The van der Waals surface area contributed by atoms with Crippen LogP contribution in [0.3, 0.4) is 0 Å². The lowest BCUT2D eigenvalue weighted by Crippen LogP contribution is -2.30. The molecule has 0 aliphatic heterocycles. The van der Waals surface area contributed by atoms with Crippen molar-refractivity contribution >= 4 is 17.9 Å². The molecule has 0 spiro atoms. The summed E-state index contributed by atoms with van der Waals surface area (Å²) in [6.45, 7) is 6.37. The smallest absolute Gasteiger partial charge is 0.306 e. The summed E-state index contributed by atoms with van der Waals surface area (Å²) in [6.07, 6.45) is 71.7. The zero-order chi connectivity index (χ0) is 47.2. The monoisotopic (exact) mass is 899 g/mol. The van der Waals surface area contributed by atoms with Gasteiger partial charge in [0.25, 0.3) is 0 Å². The molecule has 0 bridgehead atoms. The Balaban J connectivity index is 4.55. The van der Waals surface area contributed by atoms with Crippen molar-refractivity contribution in [3.8, 4) is 0 Å². The molecular weight excluding hydrogens is 805 g/mol. The summed E-state index contributed by atoms with van der Waals surface area (Å²) in [5, 5.41) is 0. The van der Waals surface area contributed by atoms with Crippen molar-refractivity contribution in [1.82, 2.24) is 0 Å². The second-order valence-corrected chi connectivity index (χ2v) is 16.9. The Morgan fingerprint density at radius 1 is 0.323 bits per heavy atom. The van der Waals surface area contributed by atoms with E-state index in [1.54, 1.807) is 0 Å². The summed E-state index contributed by atoms with van der Waals surface area (Å²) in [5.41, 5.74) is 0. The molecule has 0 aliphatic carbocycles. The average Bonchev–Trinajstić information content (AvgIpc) is 3.30. The fourth-order valence-corrected chi connectivity index (χ4v) is 6.70. The summed E-state index contributed by atoms with van der Waals surface area (Å²) in [7, 11) is 0. The molecule has 1 unspecified atom stereocenters. The van der Waals surface area contributed by atoms with Crippen molar-refractivity contribution in [3.05, 3.63) is 122 Å². The quantitative estimate of drug-likeness (QED) is 0.0199. The van der Waals surface area contributed by atoms with Crippen molar-refractivity contribution in [1.29, 1.82) is 0 Å². The standard InChI is InChI=1S/C59H94O6/c1-4-7-10-13-16-19-22-25-27-29-31-32-34-37-40-43-46-49-52-58(61)64-55-56(54-63-57(60)51-48-45-42-39-36-24-21-18-15-12-9-6-3)65-59(62)53-50-47-44-41-38-35-33-30-28-26-23-20-17-14-11-8-5-2/h8,11,14,17-18,20-23,25-33,35,38,56H,4-7,9-10,12-13,15-16,19,24,34,36-37,39-55H2,1-3H3/b11-8-,17-14-,21-18-,23-20-,25-22-,28-26-,29-27-,32-31-,33-30+,38-35-. The molecule has 0 fully saturated rings. The molecule has 0 aliphatic rings. The molecule has 0 N–H and O–H groups in total. The van der Waals surface area contributed by atoms with Crippen LogP contribution in [0.1, 0.15) is 213 Å². The minimum atomic E-state index is -0.816. The zero-order valence-electron chi connectivity index (χ0n) is 41.7. The van der Waals surface area contributed by atoms with E-state index in [0.29, 0.717) is 19.3 Å². The molecule has 0 amide bonds.